The summed E-state index contributed by atoms with van der Waals surface area (Å²) in [5.74, 6) is -0.661. The van der Waals surface area contributed by atoms with Gasteiger partial charge in [0.2, 0.25) is 0 Å². The summed E-state index contributed by atoms with van der Waals surface area (Å²) < 4.78 is 0. The molecule has 0 unspecified atom stereocenters. The van der Waals surface area contributed by atoms with Crippen molar-refractivity contribution in [2.24, 2.45) is 0 Å². The molecule has 79 valence electrons. The molecule has 0 aliphatic heterocycles. The van der Waals surface area contributed by atoms with Crippen LogP contribution in [0.1, 0.15) is 64.7 Å². The van der Waals surface area contributed by atoms with Crippen LogP contribution in [-0.4, -0.2) is 40.6 Å². The fraction of sp³-hybridized carbons (Fsp3) is 0.909. The number of carbonyl (C=O) groups is 1. The van der Waals surface area contributed by atoms with Crippen molar-refractivity contribution in [3.8, 4) is 0 Å². The van der Waals surface area contributed by atoms with Crippen molar-refractivity contribution in [3.05, 3.63) is 0 Å². The molecular formula is C11H22NaO2. The molecule has 0 aromatic rings. The quantitative estimate of drug-likeness (QED) is 0.467. The predicted octanol–water partition coefficient (Wildman–Crippen LogP) is 3.22. The third-order valence-corrected chi connectivity index (χ3v) is 2.24. The van der Waals surface area contributed by atoms with E-state index in [1.807, 2.05) is 0 Å². The topological polar surface area (TPSA) is 37.3 Å². The minimum atomic E-state index is -0.661. The molecule has 0 saturated heterocycles. The maximum absolute atomic E-state index is 10.2. The largest absolute Gasteiger partial charge is 0.481 e. The van der Waals surface area contributed by atoms with Crippen LogP contribution in [0.4, 0.5) is 0 Å². The summed E-state index contributed by atoms with van der Waals surface area (Å²) in [6.07, 6.45) is 10.1. The van der Waals surface area contributed by atoms with Crippen LogP contribution >= 0.6 is 0 Å². The summed E-state index contributed by atoms with van der Waals surface area (Å²) in [5.41, 5.74) is 0. The number of rotatable bonds is 9. The van der Waals surface area contributed by atoms with Crippen molar-refractivity contribution >= 4 is 35.5 Å². The molecule has 0 aliphatic rings. The van der Waals surface area contributed by atoms with E-state index in [-0.39, 0.29) is 29.6 Å². The van der Waals surface area contributed by atoms with E-state index >= 15 is 0 Å². The second kappa shape index (κ2) is 13.5. The normalized spacial score (nSPS) is 9.50. The van der Waals surface area contributed by atoms with Gasteiger partial charge in [-0.05, 0) is 6.42 Å². The zero-order valence-corrected chi connectivity index (χ0v) is 11.7. The Kier molecular flexibility index (Phi) is 16.2. The van der Waals surface area contributed by atoms with E-state index in [1.165, 1.54) is 38.5 Å². The number of hydrogen-bond donors (Lipinski definition) is 1. The molecule has 0 spiro atoms. The predicted molar refractivity (Wildman–Crippen MR) is 60.6 cm³/mol. The van der Waals surface area contributed by atoms with Gasteiger partial charge in [-0.15, -0.1) is 0 Å². The molecule has 0 atom stereocenters. The molecular weight excluding hydrogens is 187 g/mol. The smallest absolute Gasteiger partial charge is 0.303 e. The molecule has 2 nitrogen and oxygen atoms in total. The molecule has 0 aromatic heterocycles. The van der Waals surface area contributed by atoms with Crippen LogP contribution in [0.3, 0.4) is 0 Å². The average Bonchev–Trinajstić information content (AvgIpc) is 2.09. The van der Waals surface area contributed by atoms with Gasteiger partial charge >= 0.3 is 5.97 Å². The van der Waals surface area contributed by atoms with Crippen molar-refractivity contribution in [1.82, 2.24) is 0 Å². The number of carboxylic acids is 1. The number of carboxylic acid groups (broad SMARTS) is 1. The maximum atomic E-state index is 10.2. The standard InChI is InChI=1S/C11H22O2.Na/c1-2-3-4-5-6-7-8-9-10-11(12)13;/h2-10H2,1H3,(H,12,13);. The molecule has 0 aliphatic carbocycles. The first-order valence-electron chi connectivity index (χ1n) is 5.49. The van der Waals surface area contributed by atoms with E-state index in [2.05, 4.69) is 6.92 Å². The Morgan fingerprint density at radius 2 is 1.36 bits per heavy atom. The Hall–Kier alpha value is 0.470. The molecule has 0 aromatic carbocycles. The number of unbranched alkanes of at least 4 members (excludes halogenated alkanes) is 7. The Labute approximate surface area is 110 Å². The molecule has 1 radical (unpaired) electrons. The SMILES string of the molecule is CCCCCCCCCCC(=O)O.[Na]. The van der Waals surface area contributed by atoms with E-state index < -0.39 is 5.97 Å². The molecule has 3 heteroatoms. The zero-order valence-electron chi connectivity index (χ0n) is 9.72. The fourth-order valence-corrected chi connectivity index (χ4v) is 1.41. The Balaban J connectivity index is 0. The van der Waals surface area contributed by atoms with E-state index in [4.69, 9.17) is 5.11 Å². The first-order valence-corrected chi connectivity index (χ1v) is 5.49. The molecule has 0 amide bonds. The van der Waals surface area contributed by atoms with Gasteiger partial charge in [-0.2, -0.15) is 0 Å². The van der Waals surface area contributed by atoms with Gasteiger partial charge in [0.25, 0.3) is 0 Å². The first-order chi connectivity index (χ1) is 6.27. The van der Waals surface area contributed by atoms with E-state index in [0.29, 0.717) is 6.42 Å². The van der Waals surface area contributed by atoms with Crippen molar-refractivity contribution in [3.63, 3.8) is 0 Å². The minimum Gasteiger partial charge on any atom is -0.481 e. The van der Waals surface area contributed by atoms with Gasteiger partial charge in [0.05, 0.1) is 0 Å². The number of aliphatic carboxylic acids is 1. The fourth-order valence-electron chi connectivity index (χ4n) is 1.41. The zero-order chi connectivity index (χ0) is 9.94. The van der Waals surface area contributed by atoms with Gasteiger partial charge < -0.3 is 5.11 Å². The first kappa shape index (κ1) is 16.9. The van der Waals surface area contributed by atoms with Gasteiger partial charge in [-0.1, -0.05) is 51.9 Å². The molecule has 0 heterocycles. The van der Waals surface area contributed by atoms with Crippen LogP contribution in [0, 0.1) is 0 Å². The van der Waals surface area contributed by atoms with E-state index in [0.717, 1.165) is 12.8 Å². The average molecular weight is 209 g/mol. The van der Waals surface area contributed by atoms with Crippen molar-refractivity contribution in [1.29, 1.82) is 0 Å². The third-order valence-electron chi connectivity index (χ3n) is 2.24. The van der Waals surface area contributed by atoms with Crippen molar-refractivity contribution < 1.29 is 9.90 Å². The summed E-state index contributed by atoms with van der Waals surface area (Å²) >= 11 is 0. The minimum absolute atomic E-state index is 0. The van der Waals surface area contributed by atoms with Gasteiger partial charge in [0.15, 0.2) is 0 Å². The third kappa shape index (κ3) is 15.0. The van der Waals surface area contributed by atoms with Crippen LogP contribution in [-0.2, 0) is 4.79 Å². The Bertz CT molecular complexity index is 126. The molecule has 0 fully saturated rings. The van der Waals surface area contributed by atoms with Gasteiger partial charge in [-0.3, -0.25) is 4.79 Å². The van der Waals surface area contributed by atoms with E-state index in [9.17, 15) is 4.79 Å². The van der Waals surface area contributed by atoms with Crippen molar-refractivity contribution in [2.45, 2.75) is 64.7 Å². The summed E-state index contributed by atoms with van der Waals surface area (Å²) in [4.78, 5) is 10.2. The van der Waals surface area contributed by atoms with Crippen LogP contribution in [0.15, 0.2) is 0 Å². The Morgan fingerprint density at radius 1 is 0.929 bits per heavy atom. The Morgan fingerprint density at radius 3 is 1.79 bits per heavy atom. The molecule has 1 N–H and O–H groups in total. The van der Waals surface area contributed by atoms with Gasteiger partial charge in [-0.25, -0.2) is 0 Å². The van der Waals surface area contributed by atoms with Crippen molar-refractivity contribution in [2.75, 3.05) is 0 Å². The maximum Gasteiger partial charge on any atom is 0.303 e. The van der Waals surface area contributed by atoms with Crippen LogP contribution in [0.25, 0.3) is 0 Å². The van der Waals surface area contributed by atoms with Gasteiger partial charge in [0.1, 0.15) is 0 Å². The number of hydrogen-bond acceptors (Lipinski definition) is 1. The van der Waals surface area contributed by atoms with Crippen LogP contribution in [0.2, 0.25) is 0 Å². The molecule has 0 bridgehead atoms. The molecule has 0 rings (SSSR count). The van der Waals surface area contributed by atoms with E-state index in [1.54, 1.807) is 0 Å². The summed E-state index contributed by atoms with van der Waals surface area (Å²) in [5, 5.41) is 8.39. The summed E-state index contributed by atoms with van der Waals surface area (Å²) in [6.45, 7) is 2.22. The monoisotopic (exact) mass is 209 g/mol. The second-order valence-electron chi connectivity index (χ2n) is 3.62. The van der Waals surface area contributed by atoms with Crippen LogP contribution < -0.4 is 0 Å². The van der Waals surface area contributed by atoms with Gasteiger partial charge in [0, 0.05) is 36.0 Å². The second-order valence-corrected chi connectivity index (χ2v) is 3.62. The molecule has 14 heavy (non-hydrogen) atoms. The summed E-state index contributed by atoms with van der Waals surface area (Å²) in [6, 6.07) is 0. The molecule has 0 saturated carbocycles. The summed E-state index contributed by atoms with van der Waals surface area (Å²) in [7, 11) is 0. The van der Waals surface area contributed by atoms with Crippen LogP contribution in [0.5, 0.6) is 0 Å².